The van der Waals surface area contributed by atoms with Gasteiger partial charge in [-0.15, -0.1) is 0 Å². The zero-order valence-corrected chi connectivity index (χ0v) is 14.9. The van der Waals surface area contributed by atoms with Crippen molar-refractivity contribution >= 4 is 16.9 Å². The van der Waals surface area contributed by atoms with Crippen molar-refractivity contribution < 1.29 is 4.79 Å². The summed E-state index contributed by atoms with van der Waals surface area (Å²) in [6.07, 6.45) is 2.43. The van der Waals surface area contributed by atoms with E-state index in [2.05, 4.69) is 43.1 Å². The van der Waals surface area contributed by atoms with Crippen molar-refractivity contribution in [2.75, 3.05) is 0 Å². The maximum atomic E-state index is 12.8. The number of aryl methyl sites for hydroxylation is 2. The summed E-state index contributed by atoms with van der Waals surface area (Å²) in [5, 5.41) is 8.66. The van der Waals surface area contributed by atoms with E-state index in [1.54, 1.807) is 0 Å². The van der Waals surface area contributed by atoms with E-state index in [0.29, 0.717) is 11.5 Å². The Hall–Kier alpha value is -1.91. The lowest BCUT2D eigenvalue weighted by Gasteiger charge is -2.20. The first-order valence-electron chi connectivity index (χ1n) is 8.37. The summed E-state index contributed by atoms with van der Waals surface area (Å²) in [6, 6.07) is 2.10. The van der Waals surface area contributed by atoms with Crippen LogP contribution in [0, 0.1) is 19.8 Å². The molecule has 5 nitrogen and oxygen atoms in total. The van der Waals surface area contributed by atoms with Crippen LogP contribution in [0.4, 0.5) is 0 Å². The Balaban J connectivity index is 2.09. The van der Waals surface area contributed by atoms with Crippen LogP contribution < -0.4 is 5.32 Å². The molecule has 5 heteroatoms. The molecule has 3 rings (SSSR count). The molecule has 2 aromatic heterocycles. The summed E-state index contributed by atoms with van der Waals surface area (Å²) in [6.45, 7) is 12.2. The summed E-state index contributed by atoms with van der Waals surface area (Å²) >= 11 is 0. The normalized spacial score (nSPS) is 16.6. The molecule has 124 valence electrons. The zero-order chi connectivity index (χ0) is 16.9. The number of amides is 1. The Morgan fingerprint density at radius 2 is 2.00 bits per heavy atom. The third-order valence-corrected chi connectivity index (χ3v) is 4.51. The van der Waals surface area contributed by atoms with Gasteiger partial charge >= 0.3 is 0 Å². The van der Waals surface area contributed by atoms with Crippen LogP contribution in [0.1, 0.15) is 62.3 Å². The highest BCUT2D eigenvalue weighted by Crippen LogP contribution is 2.33. The molecule has 1 atom stereocenters. The maximum Gasteiger partial charge on any atom is 0.252 e. The third-order valence-electron chi connectivity index (χ3n) is 4.51. The molecule has 0 aromatic carbocycles. The number of carbonyl (C=O) groups excluding carboxylic acids is 1. The molecule has 2 aromatic rings. The summed E-state index contributed by atoms with van der Waals surface area (Å²) < 4.78 is 1.92. The summed E-state index contributed by atoms with van der Waals surface area (Å²) in [7, 11) is 0. The minimum atomic E-state index is -0.178. The smallest absolute Gasteiger partial charge is 0.252 e. The molecule has 0 unspecified atom stereocenters. The lowest BCUT2D eigenvalue weighted by molar-refractivity contribution is 0.0937. The van der Waals surface area contributed by atoms with Gasteiger partial charge in [0, 0.05) is 11.7 Å². The molecule has 0 spiro atoms. The summed E-state index contributed by atoms with van der Waals surface area (Å²) in [4.78, 5) is 17.4. The highest BCUT2D eigenvalue weighted by atomic mass is 16.1. The molecule has 1 fully saturated rings. The number of hydrogen-bond acceptors (Lipinski definition) is 3. The number of fused-ring (bicyclic) bond motifs is 1. The Morgan fingerprint density at radius 1 is 1.35 bits per heavy atom. The van der Waals surface area contributed by atoms with E-state index in [-0.39, 0.29) is 17.5 Å². The number of nitrogens with zero attached hydrogens (tertiary/aromatic N) is 3. The van der Waals surface area contributed by atoms with E-state index >= 15 is 0 Å². The van der Waals surface area contributed by atoms with Crippen molar-refractivity contribution in [1.82, 2.24) is 20.1 Å². The Kier molecular flexibility index (Phi) is 3.69. The quantitative estimate of drug-likeness (QED) is 0.945. The molecule has 0 radical (unpaired) electrons. The van der Waals surface area contributed by atoms with Gasteiger partial charge in [-0.1, -0.05) is 0 Å². The number of aromatic nitrogens is 3. The second-order valence-corrected chi connectivity index (χ2v) is 7.78. The van der Waals surface area contributed by atoms with Crippen LogP contribution in [-0.2, 0) is 5.54 Å². The van der Waals surface area contributed by atoms with Crippen LogP contribution in [0.2, 0.25) is 0 Å². The van der Waals surface area contributed by atoms with Gasteiger partial charge in [-0.3, -0.25) is 4.79 Å². The molecule has 0 bridgehead atoms. The van der Waals surface area contributed by atoms with Crippen LogP contribution in [0.25, 0.3) is 11.0 Å². The molecule has 1 aliphatic rings. The Bertz CT molecular complexity index is 765. The van der Waals surface area contributed by atoms with Crippen LogP contribution in [-0.4, -0.2) is 26.7 Å². The topological polar surface area (TPSA) is 59.8 Å². The van der Waals surface area contributed by atoms with Crippen LogP contribution in [0.5, 0.6) is 0 Å². The second-order valence-electron chi connectivity index (χ2n) is 7.78. The minimum absolute atomic E-state index is 0.0172. The first kappa shape index (κ1) is 16.0. The van der Waals surface area contributed by atoms with Gasteiger partial charge in [0.2, 0.25) is 0 Å². The van der Waals surface area contributed by atoms with Gasteiger partial charge in [0.25, 0.3) is 5.91 Å². The fourth-order valence-electron chi connectivity index (χ4n) is 3.06. The van der Waals surface area contributed by atoms with Crippen molar-refractivity contribution in [2.24, 2.45) is 5.92 Å². The average molecular weight is 314 g/mol. The molecule has 1 N–H and O–H groups in total. The average Bonchev–Trinajstić information content (AvgIpc) is 3.22. The molecular weight excluding hydrogens is 288 g/mol. The van der Waals surface area contributed by atoms with Crippen molar-refractivity contribution in [3.8, 4) is 0 Å². The van der Waals surface area contributed by atoms with Crippen molar-refractivity contribution in [3.05, 3.63) is 23.0 Å². The van der Waals surface area contributed by atoms with E-state index in [4.69, 9.17) is 0 Å². The van der Waals surface area contributed by atoms with Gasteiger partial charge in [-0.25, -0.2) is 9.67 Å². The van der Waals surface area contributed by atoms with E-state index in [1.165, 1.54) is 12.8 Å². The molecule has 0 aliphatic heterocycles. The summed E-state index contributed by atoms with van der Waals surface area (Å²) in [5.74, 6) is 0.618. The van der Waals surface area contributed by atoms with Crippen LogP contribution in [0.15, 0.2) is 6.07 Å². The SMILES string of the molecule is Cc1cc(C(=O)N[C@@H](C)C2CC2)c2c(C)nn(C(C)(C)C)c2n1. The largest absolute Gasteiger partial charge is 0.349 e. The van der Waals surface area contributed by atoms with Gasteiger partial charge in [0.05, 0.1) is 22.2 Å². The number of hydrogen-bond donors (Lipinski definition) is 1. The van der Waals surface area contributed by atoms with E-state index in [0.717, 1.165) is 22.4 Å². The lowest BCUT2D eigenvalue weighted by Crippen LogP contribution is -2.34. The van der Waals surface area contributed by atoms with Gasteiger partial charge in [0.1, 0.15) is 0 Å². The van der Waals surface area contributed by atoms with Crippen LogP contribution in [0.3, 0.4) is 0 Å². The fraction of sp³-hybridized carbons (Fsp3) is 0.611. The molecule has 23 heavy (non-hydrogen) atoms. The van der Waals surface area contributed by atoms with Gasteiger partial charge < -0.3 is 5.32 Å². The van der Waals surface area contributed by atoms with Gasteiger partial charge in [-0.05, 0) is 66.4 Å². The number of carbonyl (C=O) groups is 1. The Morgan fingerprint density at radius 3 is 2.57 bits per heavy atom. The predicted octanol–water partition coefficient (Wildman–Crippen LogP) is 3.33. The van der Waals surface area contributed by atoms with E-state index in [1.807, 2.05) is 24.6 Å². The summed E-state index contributed by atoms with van der Waals surface area (Å²) in [5.41, 5.74) is 2.99. The number of rotatable bonds is 3. The van der Waals surface area contributed by atoms with Crippen molar-refractivity contribution in [2.45, 2.75) is 66.0 Å². The highest BCUT2D eigenvalue weighted by Gasteiger charge is 2.30. The zero-order valence-electron chi connectivity index (χ0n) is 14.9. The standard InChI is InChI=1S/C18H26N4O/c1-10-9-14(17(23)20-11(2)13-7-8-13)15-12(3)21-22(16(15)19-10)18(4,5)6/h9,11,13H,7-8H2,1-6H3,(H,20,23)/t11-/m0/s1. The van der Waals surface area contributed by atoms with E-state index < -0.39 is 0 Å². The molecule has 2 heterocycles. The molecule has 1 aliphatic carbocycles. The predicted molar refractivity (Wildman–Crippen MR) is 91.7 cm³/mol. The Labute approximate surface area is 137 Å². The highest BCUT2D eigenvalue weighted by molar-refractivity contribution is 6.06. The first-order chi connectivity index (χ1) is 10.7. The maximum absolute atomic E-state index is 12.8. The number of nitrogens with one attached hydrogen (secondary N) is 1. The van der Waals surface area contributed by atoms with Crippen LogP contribution >= 0.6 is 0 Å². The van der Waals surface area contributed by atoms with Gasteiger partial charge in [0.15, 0.2) is 5.65 Å². The minimum Gasteiger partial charge on any atom is -0.349 e. The molecule has 0 saturated heterocycles. The van der Waals surface area contributed by atoms with Gasteiger partial charge in [-0.2, -0.15) is 5.10 Å². The molecule has 1 amide bonds. The second kappa shape index (κ2) is 5.32. The van der Waals surface area contributed by atoms with Crippen molar-refractivity contribution in [3.63, 3.8) is 0 Å². The fourth-order valence-corrected chi connectivity index (χ4v) is 3.06. The molecular formula is C18H26N4O. The third kappa shape index (κ3) is 2.96. The lowest BCUT2D eigenvalue weighted by atomic mass is 10.1. The first-order valence-corrected chi connectivity index (χ1v) is 8.37. The monoisotopic (exact) mass is 314 g/mol. The molecule has 1 saturated carbocycles. The van der Waals surface area contributed by atoms with Crippen molar-refractivity contribution in [1.29, 1.82) is 0 Å². The van der Waals surface area contributed by atoms with E-state index in [9.17, 15) is 4.79 Å². The number of pyridine rings is 1.